The maximum atomic E-state index is 11.1. The second kappa shape index (κ2) is 4.70. The van der Waals surface area contributed by atoms with Crippen LogP contribution in [0.25, 0.3) is 0 Å². The van der Waals surface area contributed by atoms with Crippen molar-refractivity contribution in [1.82, 2.24) is 0 Å². The van der Waals surface area contributed by atoms with E-state index in [2.05, 4.69) is 0 Å². The van der Waals surface area contributed by atoms with Crippen molar-refractivity contribution in [3.63, 3.8) is 0 Å². The van der Waals surface area contributed by atoms with Crippen molar-refractivity contribution in [2.24, 2.45) is 0 Å². The summed E-state index contributed by atoms with van der Waals surface area (Å²) in [6.07, 6.45) is 0. The Balaban J connectivity index is 0.00000169. The third kappa shape index (κ3) is 2.67. The molecule has 0 saturated heterocycles. The highest BCUT2D eigenvalue weighted by Crippen LogP contribution is 2.22. The summed E-state index contributed by atoms with van der Waals surface area (Å²) < 4.78 is 13.8. The van der Waals surface area contributed by atoms with Crippen molar-refractivity contribution in [1.29, 1.82) is 0 Å². The van der Waals surface area contributed by atoms with E-state index in [0.29, 0.717) is 5.02 Å². The molecule has 0 fully saturated rings. The van der Waals surface area contributed by atoms with E-state index in [1.165, 1.54) is 18.2 Å². The van der Waals surface area contributed by atoms with Crippen LogP contribution in [-0.4, -0.2) is 5.78 Å². The van der Waals surface area contributed by atoms with Crippen molar-refractivity contribution >= 4 is 41.4 Å². The lowest BCUT2D eigenvalue weighted by molar-refractivity contribution is 0.101. The second-order valence-electron chi connectivity index (χ2n) is 1.99. The molecule has 66 valence electrons. The van der Waals surface area contributed by atoms with Crippen LogP contribution in [0.3, 0.4) is 0 Å². The van der Waals surface area contributed by atoms with E-state index in [4.69, 9.17) is 25.9 Å². The molecule has 0 aromatic heterocycles. The van der Waals surface area contributed by atoms with Crippen LogP contribution < -0.4 is 0 Å². The number of ketones is 1. The number of rotatable bonds is 1. The smallest absolute Gasteiger partial charge is 0.159 e. The molecule has 0 heterocycles. The van der Waals surface area contributed by atoms with E-state index >= 15 is 0 Å². The molecule has 4 heteroatoms. The Morgan fingerprint density at radius 1 is 1.42 bits per heavy atom. The van der Waals surface area contributed by atoms with Gasteiger partial charge in [-0.25, -0.2) is 0 Å². The Morgan fingerprint density at radius 2 is 2.08 bits per heavy atom. The lowest BCUT2D eigenvalue weighted by Gasteiger charge is -1.97. The average molecular weight is 228 g/mol. The van der Waals surface area contributed by atoms with Crippen molar-refractivity contribution in [2.45, 2.75) is 6.88 Å². The molecule has 0 aliphatic carbocycles. The molecule has 1 rings (SSSR count). The van der Waals surface area contributed by atoms with Gasteiger partial charge in [-0.3, -0.25) is 4.79 Å². The maximum Gasteiger partial charge on any atom is 0.159 e. The van der Waals surface area contributed by atoms with Gasteiger partial charge in [0.25, 0.3) is 0 Å². The van der Waals surface area contributed by atoms with Crippen LogP contribution in [0.2, 0.25) is 10.0 Å². The fourth-order valence-electron chi connectivity index (χ4n) is 0.649. The molecule has 12 heavy (non-hydrogen) atoms. The Kier molecular flexibility index (Phi) is 3.28. The van der Waals surface area contributed by atoms with E-state index in [-0.39, 0.29) is 23.0 Å². The molecule has 0 aliphatic rings. The highest BCUT2D eigenvalue weighted by Gasteiger charge is 2.01. The molecule has 0 aliphatic heterocycles. The predicted octanol–water partition coefficient (Wildman–Crippen LogP) is 3.62. The highest BCUT2D eigenvalue weighted by atomic mass is 35.5. The van der Waals surface area contributed by atoms with Gasteiger partial charge in [-0.1, -0.05) is 23.2 Å². The first kappa shape index (κ1) is 8.36. The summed E-state index contributed by atoms with van der Waals surface area (Å²) >= 11 is 11.3. The van der Waals surface area contributed by atoms with Gasteiger partial charge in [0.2, 0.25) is 0 Å². The number of carbonyl (C=O) groups is 1. The van der Waals surface area contributed by atoms with Gasteiger partial charge >= 0.3 is 0 Å². The van der Waals surface area contributed by atoms with Crippen LogP contribution >= 0.6 is 35.6 Å². The van der Waals surface area contributed by atoms with Crippen LogP contribution in [0.1, 0.15) is 20.0 Å². The topological polar surface area (TPSA) is 17.1 Å². The first-order valence-electron chi connectivity index (χ1n) is 4.01. The molecule has 0 amide bonds. The first-order valence-corrected chi connectivity index (χ1v) is 3.61. The van der Waals surface area contributed by atoms with E-state index in [0.717, 1.165) is 0 Å². The summed E-state index contributed by atoms with van der Waals surface area (Å²) in [4.78, 5) is 11.1. The molecule has 0 saturated carbocycles. The van der Waals surface area contributed by atoms with E-state index in [9.17, 15) is 4.79 Å². The first-order chi connectivity index (χ1) is 6.02. The van der Waals surface area contributed by atoms with Gasteiger partial charge in [-0.2, -0.15) is 0 Å². The fourth-order valence-corrected chi connectivity index (χ4v) is 0.947. The molecule has 1 nitrogen and oxygen atoms in total. The normalized spacial score (nSPS) is 11.6. The number of halogens is 3. The summed E-state index contributed by atoms with van der Waals surface area (Å²) in [6.45, 7) is -1.52. The summed E-state index contributed by atoms with van der Waals surface area (Å²) in [5.41, 5.74) is 0.240. The largest absolute Gasteiger partial charge is 0.295 e. The molecule has 1 aromatic carbocycles. The molecule has 0 spiro atoms. The van der Waals surface area contributed by atoms with Gasteiger partial charge in [0, 0.05) is 8.30 Å². The Labute approximate surface area is 89.9 Å². The van der Waals surface area contributed by atoms with E-state index in [1.807, 2.05) is 0 Å². The highest BCUT2D eigenvalue weighted by molar-refractivity contribution is 6.42. The van der Waals surface area contributed by atoms with Crippen LogP contribution in [0.5, 0.6) is 0 Å². The molecular weight excluding hydrogens is 218 g/mol. The van der Waals surface area contributed by atoms with Crippen LogP contribution in [0, 0.1) is 0 Å². The number of hydrogen-bond donors (Lipinski definition) is 0. The molecular formula is C8H7Cl3O. The summed E-state index contributed by atoms with van der Waals surface area (Å²) in [7, 11) is 0. The predicted molar refractivity (Wildman–Crippen MR) is 53.7 cm³/mol. The zero-order chi connectivity index (χ0) is 10.0. The van der Waals surface area contributed by atoms with Crippen molar-refractivity contribution < 1.29 is 7.54 Å². The minimum atomic E-state index is -1.52. The molecule has 0 unspecified atom stereocenters. The van der Waals surface area contributed by atoms with Crippen molar-refractivity contribution in [2.75, 3.05) is 0 Å². The van der Waals surface area contributed by atoms with Gasteiger partial charge in [-0.15, -0.1) is 12.4 Å². The lowest BCUT2D eigenvalue weighted by atomic mass is 10.1. The Bertz CT molecular complexity index is 341. The van der Waals surface area contributed by atoms with Crippen molar-refractivity contribution in [3.05, 3.63) is 33.8 Å². The van der Waals surface area contributed by atoms with Crippen LogP contribution in [0.15, 0.2) is 18.2 Å². The third-order valence-corrected chi connectivity index (χ3v) is 1.94. The number of carbonyl (C=O) groups excluding carboxylic acids is 1. The van der Waals surface area contributed by atoms with E-state index in [1.54, 1.807) is 0 Å². The SMILES string of the molecule is Cl.[2H]C([2H])C(=O)c1ccc(Cl)c(Cl)c1. The minimum absolute atomic E-state index is 0. The number of Topliss-reactive ketones (excluding diaryl/α,β-unsaturated/α-hetero) is 1. The zero-order valence-corrected chi connectivity index (χ0v) is 8.21. The van der Waals surface area contributed by atoms with Gasteiger partial charge < -0.3 is 0 Å². The summed E-state index contributed by atoms with van der Waals surface area (Å²) in [5, 5.41) is 0.609. The van der Waals surface area contributed by atoms with Gasteiger partial charge in [-0.05, 0) is 25.1 Å². The molecule has 0 radical (unpaired) electrons. The third-order valence-electron chi connectivity index (χ3n) is 1.20. The molecule has 0 atom stereocenters. The number of benzene rings is 1. The lowest BCUT2D eigenvalue weighted by Crippen LogP contribution is -1.90. The molecule has 0 N–H and O–H groups in total. The van der Waals surface area contributed by atoms with Gasteiger partial charge in [0.15, 0.2) is 5.78 Å². The summed E-state index contributed by atoms with van der Waals surface area (Å²) in [5.74, 6) is -0.585. The van der Waals surface area contributed by atoms with Crippen LogP contribution in [0.4, 0.5) is 0 Å². The Morgan fingerprint density at radius 3 is 2.58 bits per heavy atom. The van der Waals surface area contributed by atoms with Gasteiger partial charge in [0.05, 0.1) is 10.0 Å². The molecule has 1 aromatic rings. The van der Waals surface area contributed by atoms with Crippen LogP contribution in [-0.2, 0) is 0 Å². The van der Waals surface area contributed by atoms with Gasteiger partial charge in [0.1, 0.15) is 0 Å². The van der Waals surface area contributed by atoms with E-state index < -0.39 is 12.7 Å². The van der Waals surface area contributed by atoms with Crippen molar-refractivity contribution in [3.8, 4) is 0 Å². The zero-order valence-electron chi connectivity index (χ0n) is 7.88. The quantitative estimate of drug-likeness (QED) is 0.670. The fraction of sp³-hybridized carbons (Fsp3) is 0.125. The standard InChI is InChI=1S/C8H6Cl2O.ClH/c1-5(11)6-2-3-7(9)8(10)4-6;/h2-4H,1H3;1H/i1D2;. The Hall–Kier alpha value is -0.240. The summed E-state index contributed by atoms with van der Waals surface area (Å²) in [6, 6.07) is 4.29. The molecule has 0 bridgehead atoms. The minimum Gasteiger partial charge on any atom is -0.295 e. The number of hydrogen-bond acceptors (Lipinski definition) is 1. The average Bonchev–Trinajstić information content (AvgIpc) is 2.08. The second-order valence-corrected chi connectivity index (χ2v) is 2.81. The maximum absolute atomic E-state index is 11.1. The monoisotopic (exact) mass is 226 g/mol.